The van der Waals surface area contributed by atoms with Crippen LogP contribution in [0.1, 0.15) is 18.5 Å². The van der Waals surface area contributed by atoms with Gasteiger partial charge < -0.3 is 4.90 Å². The standard InChI is InChI=1S/C15H18N2/c1-2-6-15-13(5-1)7-8-14(16-15)9-12-17-10-3-4-11-17/h1-2,5-8H,3-4,9-12H2. The van der Waals surface area contributed by atoms with Crippen molar-refractivity contribution in [3.63, 3.8) is 0 Å². The lowest BCUT2D eigenvalue weighted by molar-refractivity contribution is 0.342. The lowest BCUT2D eigenvalue weighted by atomic mass is 10.2. The summed E-state index contributed by atoms with van der Waals surface area (Å²) in [5, 5.41) is 1.23. The molecule has 0 N–H and O–H groups in total. The highest BCUT2D eigenvalue weighted by Crippen LogP contribution is 2.13. The Kier molecular flexibility index (Phi) is 3.06. The molecule has 0 radical (unpaired) electrons. The molecule has 2 heteroatoms. The van der Waals surface area contributed by atoms with Crippen LogP contribution in [0.5, 0.6) is 0 Å². The Morgan fingerprint density at radius 1 is 1.00 bits per heavy atom. The van der Waals surface area contributed by atoms with Crippen molar-refractivity contribution in [1.82, 2.24) is 9.88 Å². The Morgan fingerprint density at radius 2 is 1.82 bits per heavy atom. The molecule has 1 saturated heterocycles. The summed E-state index contributed by atoms with van der Waals surface area (Å²) in [5.41, 5.74) is 2.34. The molecule has 88 valence electrons. The third-order valence-electron chi connectivity index (χ3n) is 3.54. The summed E-state index contributed by atoms with van der Waals surface area (Å²) < 4.78 is 0. The van der Waals surface area contributed by atoms with Crippen LogP contribution in [0, 0.1) is 0 Å². The van der Waals surface area contributed by atoms with Crippen LogP contribution < -0.4 is 0 Å². The molecule has 0 atom stereocenters. The highest BCUT2D eigenvalue weighted by atomic mass is 15.1. The number of para-hydroxylation sites is 1. The molecule has 2 heterocycles. The Hall–Kier alpha value is -1.41. The van der Waals surface area contributed by atoms with Crippen LogP contribution in [0.25, 0.3) is 10.9 Å². The van der Waals surface area contributed by atoms with Crippen LogP contribution in [0.15, 0.2) is 36.4 Å². The van der Waals surface area contributed by atoms with Gasteiger partial charge in [0.05, 0.1) is 5.52 Å². The third-order valence-corrected chi connectivity index (χ3v) is 3.54. The molecule has 1 aliphatic rings. The number of rotatable bonds is 3. The van der Waals surface area contributed by atoms with Gasteiger partial charge >= 0.3 is 0 Å². The number of pyridine rings is 1. The lowest BCUT2D eigenvalue weighted by Crippen LogP contribution is -2.22. The number of likely N-dealkylation sites (tertiary alicyclic amines) is 1. The van der Waals surface area contributed by atoms with E-state index in [2.05, 4.69) is 41.3 Å². The molecule has 0 saturated carbocycles. The number of hydrogen-bond acceptors (Lipinski definition) is 2. The summed E-state index contributed by atoms with van der Waals surface area (Å²) in [4.78, 5) is 7.25. The Labute approximate surface area is 102 Å². The molecule has 3 rings (SSSR count). The first-order valence-electron chi connectivity index (χ1n) is 6.49. The molecule has 0 aliphatic carbocycles. The molecule has 0 amide bonds. The van der Waals surface area contributed by atoms with Gasteiger partial charge in [0.25, 0.3) is 0 Å². The first-order chi connectivity index (χ1) is 8.42. The average Bonchev–Trinajstić information content (AvgIpc) is 2.89. The van der Waals surface area contributed by atoms with Crippen molar-refractivity contribution in [2.24, 2.45) is 0 Å². The number of nitrogens with zero attached hydrogens (tertiary/aromatic N) is 2. The van der Waals surface area contributed by atoms with E-state index in [0.29, 0.717) is 0 Å². The second-order valence-electron chi connectivity index (χ2n) is 4.79. The zero-order valence-electron chi connectivity index (χ0n) is 10.1. The van der Waals surface area contributed by atoms with Gasteiger partial charge in [-0.3, -0.25) is 4.98 Å². The molecule has 1 fully saturated rings. The van der Waals surface area contributed by atoms with Crippen molar-refractivity contribution < 1.29 is 0 Å². The topological polar surface area (TPSA) is 16.1 Å². The van der Waals surface area contributed by atoms with Gasteiger partial charge in [0, 0.05) is 24.0 Å². The van der Waals surface area contributed by atoms with E-state index in [-0.39, 0.29) is 0 Å². The van der Waals surface area contributed by atoms with Gasteiger partial charge in [0.15, 0.2) is 0 Å². The smallest absolute Gasteiger partial charge is 0.0705 e. The molecule has 2 nitrogen and oxygen atoms in total. The van der Waals surface area contributed by atoms with E-state index < -0.39 is 0 Å². The molecule has 17 heavy (non-hydrogen) atoms. The SMILES string of the molecule is c1ccc2nc(CCN3CCCC3)ccc2c1. The summed E-state index contributed by atoms with van der Waals surface area (Å²) in [6, 6.07) is 12.7. The molecule has 0 unspecified atom stereocenters. The Bertz CT molecular complexity index is 501. The van der Waals surface area contributed by atoms with Gasteiger partial charge in [0.1, 0.15) is 0 Å². The van der Waals surface area contributed by atoms with Crippen LogP contribution in [0.2, 0.25) is 0 Å². The van der Waals surface area contributed by atoms with Crippen LogP contribution in [-0.4, -0.2) is 29.5 Å². The maximum absolute atomic E-state index is 4.71. The zero-order chi connectivity index (χ0) is 11.5. The van der Waals surface area contributed by atoms with Crippen molar-refractivity contribution in [2.45, 2.75) is 19.3 Å². The molecule has 0 spiro atoms. The number of aromatic nitrogens is 1. The molecular formula is C15H18N2. The monoisotopic (exact) mass is 226 g/mol. The quantitative estimate of drug-likeness (QED) is 0.800. The highest BCUT2D eigenvalue weighted by molar-refractivity contribution is 5.78. The van der Waals surface area contributed by atoms with Gasteiger partial charge in [-0.05, 0) is 38.1 Å². The van der Waals surface area contributed by atoms with Crippen LogP contribution in [-0.2, 0) is 6.42 Å². The van der Waals surface area contributed by atoms with Gasteiger partial charge in [-0.1, -0.05) is 24.3 Å². The molecule has 2 aromatic rings. The molecule has 1 aromatic carbocycles. The Balaban J connectivity index is 1.72. The fraction of sp³-hybridized carbons (Fsp3) is 0.400. The van der Waals surface area contributed by atoms with E-state index in [0.717, 1.165) is 18.5 Å². The summed E-state index contributed by atoms with van der Waals surface area (Å²) in [5.74, 6) is 0. The van der Waals surface area contributed by atoms with Crippen LogP contribution in [0.3, 0.4) is 0 Å². The minimum Gasteiger partial charge on any atom is -0.303 e. The average molecular weight is 226 g/mol. The van der Waals surface area contributed by atoms with Gasteiger partial charge in [0.2, 0.25) is 0 Å². The van der Waals surface area contributed by atoms with Gasteiger partial charge in [-0.15, -0.1) is 0 Å². The first-order valence-corrected chi connectivity index (χ1v) is 6.49. The third kappa shape index (κ3) is 2.47. The summed E-state index contributed by atoms with van der Waals surface area (Å²) >= 11 is 0. The van der Waals surface area contributed by atoms with Crippen LogP contribution >= 0.6 is 0 Å². The fourth-order valence-corrected chi connectivity index (χ4v) is 2.53. The maximum Gasteiger partial charge on any atom is 0.0705 e. The van der Waals surface area contributed by atoms with E-state index in [1.807, 2.05) is 0 Å². The molecule has 0 bridgehead atoms. The van der Waals surface area contributed by atoms with E-state index in [1.165, 1.54) is 37.0 Å². The predicted molar refractivity (Wildman–Crippen MR) is 71.1 cm³/mol. The summed E-state index contributed by atoms with van der Waals surface area (Å²) in [6.45, 7) is 3.70. The minimum absolute atomic E-state index is 1.07. The second-order valence-corrected chi connectivity index (χ2v) is 4.79. The van der Waals surface area contributed by atoms with Gasteiger partial charge in [-0.25, -0.2) is 0 Å². The predicted octanol–water partition coefficient (Wildman–Crippen LogP) is 2.87. The minimum atomic E-state index is 1.07. The van der Waals surface area contributed by atoms with E-state index in [1.54, 1.807) is 0 Å². The molecule has 1 aliphatic heterocycles. The fourth-order valence-electron chi connectivity index (χ4n) is 2.53. The zero-order valence-corrected chi connectivity index (χ0v) is 10.1. The highest BCUT2D eigenvalue weighted by Gasteiger charge is 2.11. The van der Waals surface area contributed by atoms with Crippen LogP contribution in [0.4, 0.5) is 0 Å². The molecular weight excluding hydrogens is 208 g/mol. The summed E-state index contributed by atoms with van der Waals surface area (Å²) in [7, 11) is 0. The number of benzene rings is 1. The Morgan fingerprint density at radius 3 is 2.71 bits per heavy atom. The van der Waals surface area contributed by atoms with Gasteiger partial charge in [-0.2, -0.15) is 0 Å². The normalized spacial score (nSPS) is 16.7. The van der Waals surface area contributed by atoms with Crippen molar-refractivity contribution in [2.75, 3.05) is 19.6 Å². The van der Waals surface area contributed by atoms with E-state index in [9.17, 15) is 0 Å². The summed E-state index contributed by atoms with van der Waals surface area (Å²) in [6.07, 6.45) is 3.81. The first kappa shape index (κ1) is 10.7. The van der Waals surface area contributed by atoms with E-state index in [4.69, 9.17) is 4.98 Å². The molecule has 1 aromatic heterocycles. The van der Waals surface area contributed by atoms with E-state index >= 15 is 0 Å². The number of hydrogen-bond donors (Lipinski definition) is 0. The van der Waals surface area contributed by atoms with Crippen molar-refractivity contribution in [3.8, 4) is 0 Å². The maximum atomic E-state index is 4.71. The second kappa shape index (κ2) is 4.84. The van der Waals surface area contributed by atoms with Crippen molar-refractivity contribution in [1.29, 1.82) is 0 Å². The van der Waals surface area contributed by atoms with Crippen molar-refractivity contribution in [3.05, 3.63) is 42.1 Å². The largest absolute Gasteiger partial charge is 0.303 e. The lowest BCUT2D eigenvalue weighted by Gasteiger charge is -2.13. The van der Waals surface area contributed by atoms with Crippen molar-refractivity contribution >= 4 is 10.9 Å². The number of fused-ring (bicyclic) bond motifs is 1.